The van der Waals surface area contributed by atoms with Crippen molar-refractivity contribution in [3.8, 4) is 0 Å². The van der Waals surface area contributed by atoms with Crippen LogP contribution in [-0.2, 0) is 6.54 Å². The van der Waals surface area contributed by atoms with Crippen LogP contribution in [-0.4, -0.2) is 17.9 Å². The summed E-state index contributed by atoms with van der Waals surface area (Å²) in [5.74, 6) is -0.0806. The molecule has 0 aliphatic carbocycles. The number of benzene rings is 1. The van der Waals surface area contributed by atoms with Crippen LogP contribution < -0.4 is 10.6 Å². The summed E-state index contributed by atoms with van der Waals surface area (Å²) >= 11 is 1.60. The van der Waals surface area contributed by atoms with E-state index in [2.05, 4.69) is 15.6 Å². The Morgan fingerprint density at radius 1 is 1.47 bits per heavy atom. The average Bonchev–Trinajstić information content (AvgIpc) is 2.89. The molecule has 0 radical (unpaired) electrons. The summed E-state index contributed by atoms with van der Waals surface area (Å²) in [5, 5.41) is 8.80. The van der Waals surface area contributed by atoms with Gasteiger partial charge in [-0.05, 0) is 18.2 Å². The first kappa shape index (κ1) is 11.6. The zero-order valence-corrected chi connectivity index (χ0v) is 10.3. The van der Waals surface area contributed by atoms with Crippen LogP contribution in [0.3, 0.4) is 0 Å². The largest absolute Gasteiger partial charge is 0.379 e. The van der Waals surface area contributed by atoms with Gasteiger partial charge in [-0.1, -0.05) is 6.07 Å². The summed E-state index contributed by atoms with van der Waals surface area (Å²) in [6.07, 6.45) is 1.78. The first-order valence-electron chi connectivity index (χ1n) is 5.24. The van der Waals surface area contributed by atoms with E-state index in [0.717, 1.165) is 10.7 Å². The summed E-state index contributed by atoms with van der Waals surface area (Å²) in [5.41, 5.74) is 1.57. The van der Waals surface area contributed by atoms with Crippen molar-refractivity contribution < 1.29 is 4.79 Å². The van der Waals surface area contributed by atoms with E-state index in [1.54, 1.807) is 30.6 Å². The first-order chi connectivity index (χ1) is 8.29. The van der Waals surface area contributed by atoms with Gasteiger partial charge in [-0.2, -0.15) is 0 Å². The lowest BCUT2D eigenvalue weighted by atomic mass is 10.2. The zero-order valence-electron chi connectivity index (χ0n) is 9.43. The van der Waals surface area contributed by atoms with Gasteiger partial charge in [-0.25, -0.2) is 4.98 Å². The second-order valence-electron chi connectivity index (χ2n) is 3.44. The van der Waals surface area contributed by atoms with Crippen LogP contribution in [0.25, 0.3) is 0 Å². The molecule has 0 aliphatic rings. The van der Waals surface area contributed by atoms with Gasteiger partial charge in [0.05, 0.1) is 6.54 Å². The van der Waals surface area contributed by atoms with Crippen molar-refractivity contribution in [1.82, 2.24) is 10.3 Å². The molecule has 17 heavy (non-hydrogen) atoms. The van der Waals surface area contributed by atoms with Gasteiger partial charge in [0.1, 0.15) is 5.01 Å². The second-order valence-corrected chi connectivity index (χ2v) is 4.42. The van der Waals surface area contributed by atoms with Crippen molar-refractivity contribution in [3.63, 3.8) is 0 Å². The molecule has 1 amide bonds. The number of carbonyl (C=O) groups is 1. The maximum Gasteiger partial charge on any atom is 0.251 e. The lowest BCUT2D eigenvalue weighted by molar-refractivity contribution is 0.0963. The van der Waals surface area contributed by atoms with Crippen molar-refractivity contribution in [1.29, 1.82) is 0 Å². The number of carbonyl (C=O) groups excluding carboxylic acids is 1. The Hall–Kier alpha value is -1.88. The molecular weight excluding hydrogens is 234 g/mol. The summed E-state index contributed by atoms with van der Waals surface area (Å²) < 4.78 is 0. The van der Waals surface area contributed by atoms with E-state index in [0.29, 0.717) is 12.1 Å². The average molecular weight is 247 g/mol. The van der Waals surface area contributed by atoms with Gasteiger partial charge in [0.25, 0.3) is 5.91 Å². The number of aromatic nitrogens is 1. The highest BCUT2D eigenvalue weighted by molar-refractivity contribution is 7.09. The van der Waals surface area contributed by atoms with Crippen LogP contribution in [0.4, 0.5) is 5.69 Å². The van der Waals surface area contributed by atoms with Crippen molar-refractivity contribution >= 4 is 22.9 Å². The topological polar surface area (TPSA) is 54.0 Å². The number of anilines is 1. The molecule has 1 heterocycles. The van der Waals surface area contributed by atoms with Crippen molar-refractivity contribution in [2.24, 2.45) is 0 Å². The third-order valence-corrected chi connectivity index (χ3v) is 3.06. The molecule has 2 aromatic rings. The molecular formula is C12H13N3OS. The monoisotopic (exact) mass is 247 g/mol. The zero-order chi connectivity index (χ0) is 12.1. The van der Waals surface area contributed by atoms with E-state index in [1.165, 1.54) is 0 Å². The number of rotatable bonds is 4. The van der Waals surface area contributed by atoms with E-state index >= 15 is 0 Å². The molecule has 0 bridgehead atoms. The Kier molecular flexibility index (Phi) is 3.72. The second kappa shape index (κ2) is 5.45. The summed E-state index contributed by atoms with van der Waals surface area (Å²) in [6, 6.07) is 7.40. The van der Waals surface area contributed by atoms with E-state index < -0.39 is 0 Å². The smallest absolute Gasteiger partial charge is 0.251 e. The Balaban J connectivity index is 2.03. The Bertz CT molecular complexity index is 496. The molecule has 0 fully saturated rings. The SMILES string of the molecule is CNC(=O)c1cccc(NCc2nccs2)c1. The fourth-order valence-corrected chi connectivity index (χ4v) is 1.99. The van der Waals surface area contributed by atoms with Crippen LogP contribution in [0.1, 0.15) is 15.4 Å². The molecule has 1 aromatic carbocycles. The molecule has 0 unspecified atom stereocenters. The predicted molar refractivity (Wildman–Crippen MR) is 69.3 cm³/mol. The van der Waals surface area contributed by atoms with E-state index in [1.807, 2.05) is 23.6 Å². The lowest BCUT2D eigenvalue weighted by Crippen LogP contribution is -2.17. The molecule has 0 saturated carbocycles. The molecule has 2 N–H and O–H groups in total. The van der Waals surface area contributed by atoms with E-state index in [-0.39, 0.29) is 5.91 Å². The lowest BCUT2D eigenvalue weighted by Gasteiger charge is -2.06. The van der Waals surface area contributed by atoms with Crippen molar-refractivity contribution in [2.45, 2.75) is 6.54 Å². The molecule has 0 spiro atoms. The first-order valence-corrected chi connectivity index (χ1v) is 6.12. The minimum absolute atomic E-state index is 0.0806. The highest BCUT2D eigenvalue weighted by Crippen LogP contribution is 2.13. The molecule has 88 valence electrons. The van der Waals surface area contributed by atoms with Crippen molar-refractivity contribution in [3.05, 3.63) is 46.4 Å². The molecule has 5 heteroatoms. The van der Waals surface area contributed by atoms with Gasteiger partial charge in [-0.15, -0.1) is 11.3 Å². The highest BCUT2D eigenvalue weighted by Gasteiger charge is 2.03. The highest BCUT2D eigenvalue weighted by atomic mass is 32.1. The third kappa shape index (κ3) is 3.04. The van der Waals surface area contributed by atoms with Gasteiger partial charge < -0.3 is 10.6 Å². The summed E-state index contributed by atoms with van der Waals surface area (Å²) in [6.45, 7) is 0.675. The Morgan fingerprint density at radius 2 is 2.35 bits per heavy atom. The summed E-state index contributed by atoms with van der Waals surface area (Å²) in [4.78, 5) is 15.6. The maximum absolute atomic E-state index is 11.4. The number of hydrogen-bond acceptors (Lipinski definition) is 4. The number of nitrogens with zero attached hydrogens (tertiary/aromatic N) is 1. The fraction of sp³-hybridized carbons (Fsp3) is 0.167. The maximum atomic E-state index is 11.4. The Labute approximate surface area is 104 Å². The molecule has 2 rings (SSSR count). The summed E-state index contributed by atoms with van der Waals surface area (Å²) in [7, 11) is 1.62. The van der Waals surface area contributed by atoms with Crippen LogP contribution in [0.15, 0.2) is 35.8 Å². The van der Waals surface area contributed by atoms with Crippen LogP contribution in [0.5, 0.6) is 0 Å². The minimum atomic E-state index is -0.0806. The van der Waals surface area contributed by atoms with Gasteiger partial charge in [0.2, 0.25) is 0 Å². The van der Waals surface area contributed by atoms with Crippen LogP contribution in [0.2, 0.25) is 0 Å². The molecule has 0 saturated heterocycles. The van der Waals surface area contributed by atoms with Gasteiger partial charge in [0, 0.05) is 29.9 Å². The standard InChI is InChI=1S/C12H13N3OS/c1-13-12(16)9-3-2-4-10(7-9)15-8-11-14-5-6-17-11/h2-7,15H,8H2,1H3,(H,13,16). The third-order valence-electron chi connectivity index (χ3n) is 2.28. The van der Waals surface area contributed by atoms with Gasteiger partial charge in [-0.3, -0.25) is 4.79 Å². The molecule has 4 nitrogen and oxygen atoms in total. The number of amides is 1. The van der Waals surface area contributed by atoms with E-state index in [4.69, 9.17) is 0 Å². The quantitative estimate of drug-likeness (QED) is 0.870. The Morgan fingerprint density at radius 3 is 3.06 bits per heavy atom. The minimum Gasteiger partial charge on any atom is -0.379 e. The molecule has 1 aromatic heterocycles. The fourth-order valence-electron chi connectivity index (χ4n) is 1.43. The normalized spacial score (nSPS) is 9.94. The van der Waals surface area contributed by atoms with Crippen LogP contribution >= 0.6 is 11.3 Å². The van der Waals surface area contributed by atoms with Gasteiger partial charge in [0.15, 0.2) is 0 Å². The number of hydrogen-bond donors (Lipinski definition) is 2. The molecule has 0 aliphatic heterocycles. The van der Waals surface area contributed by atoms with Crippen LogP contribution in [0, 0.1) is 0 Å². The van der Waals surface area contributed by atoms with Crippen molar-refractivity contribution in [2.75, 3.05) is 12.4 Å². The van der Waals surface area contributed by atoms with E-state index in [9.17, 15) is 4.79 Å². The predicted octanol–water partition coefficient (Wildman–Crippen LogP) is 2.11. The molecule has 0 atom stereocenters. The van der Waals surface area contributed by atoms with Gasteiger partial charge >= 0.3 is 0 Å². The number of nitrogens with one attached hydrogen (secondary N) is 2. The number of thiazole rings is 1.